The number of benzene rings is 1. The van der Waals surface area contributed by atoms with Gasteiger partial charge in [-0.05, 0) is 33.5 Å². The Labute approximate surface area is 116 Å². The minimum atomic E-state index is -0.710. The minimum absolute atomic E-state index is 0.168. The maximum atomic E-state index is 10.0. The van der Waals surface area contributed by atoms with E-state index in [1.165, 1.54) is 0 Å². The summed E-state index contributed by atoms with van der Waals surface area (Å²) in [4.78, 5) is 0. The summed E-state index contributed by atoms with van der Waals surface area (Å²) in [6.45, 7) is 4.25. The summed E-state index contributed by atoms with van der Waals surface area (Å²) in [7, 11) is 3.18. The first-order valence-corrected chi connectivity index (χ1v) is 6.59. The number of aliphatic hydroxyl groups excluding tert-OH is 1. The number of rotatable bonds is 5. The summed E-state index contributed by atoms with van der Waals surface area (Å²) in [5.41, 5.74) is 7.25. The fourth-order valence-corrected chi connectivity index (χ4v) is 2.62. The Morgan fingerprint density at radius 2 is 1.83 bits per heavy atom. The van der Waals surface area contributed by atoms with Crippen LogP contribution >= 0.6 is 15.9 Å². The molecule has 0 heterocycles. The smallest absolute Gasteiger partial charge is 0.175 e. The summed E-state index contributed by atoms with van der Waals surface area (Å²) in [5, 5.41) is 10.0. The van der Waals surface area contributed by atoms with E-state index in [0.717, 1.165) is 15.6 Å². The van der Waals surface area contributed by atoms with E-state index in [2.05, 4.69) is 15.9 Å². The van der Waals surface area contributed by atoms with Crippen molar-refractivity contribution >= 4 is 15.9 Å². The normalized spacial score (nSPS) is 12.7. The lowest BCUT2D eigenvalue weighted by Crippen LogP contribution is -2.15. The summed E-state index contributed by atoms with van der Waals surface area (Å²) in [6, 6.07) is 1.84. The molecule has 5 heteroatoms. The van der Waals surface area contributed by atoms with Gasteiger partial charge in [0, 0.05) is 12.1 Å². The fraction of sp³-hybridized carbons (Fsp3) is 0.538. The zero-order valence-electron chi connectivity index (χ0n) is 11.2. The quantitative estimate of drug-likeness (QED) is 0.876. The molecule has 0 aliphatic rings. The molecule has 1 rings (SSSR count). The van der Waals surface area contributed by atoms with E-state index >= 15 is 0 Å². The molecule has 1 unspecified atom stereocenters. The summed E-state index contributed by atoms with van der Waals surface area (Å²) < 4.78 is 11.5. The molecular formula is C13H20BrNO3. The summed E-state index contributed by atoms with van der Waals surface area (Å²) in [6.07, 6.45) is -0.710. The molecule has 102 valence electrons. The van der Waals surface area contributed by atoms with Crippen LogP contribution in [0.3, 0.4) is 0 Å². The third kappa shape index (κ3) is 2.79. The Bertz CT molecular complexity index is 421. The van der Waals surface area contributed by atoms with Gasteiger partial charge in [-0.3, -0.25) is 0 Å². The molecule has 0 fully saturated rings. The molecule has 18 heavy (non-hydrogen) atoms. The van der Waals surface area contributed by atoms with Gasteiger partial charge < -0.3 is 20.3 Å². The molecule has 1 atom stereocenters. The van der Waals surface area contributed by atoms with Crippen molar-refractivity contribution in [3.63, 3.8) is 0 Å². The number of hydrogen-bond acceptors (Lipinski definition) is 4. The summed E-state index contributed by atoms with van der Waals surface area (Å²) >= 11 is 3.42. The van der Waals surface area contributed by atoms with E-state index < -0.39 is 6.10 Å². The first kappa shape index (κ1) is 15.3. The average molecular weight is 318 g/mol. The maximum Gasteiger partial charge on any atom is 0.175 e. The molecule has 1 aromatic carbocycles. The highest BCUT2D eigenvalue weighted by Gasteiger charge is 2.23. The monoisotopic (exact) mass is 317 g/mol. The molecule has 4 nitrogen and oxygen atoms in total. The first-order valence-electron chi connectivity index (χ1n) is 5.80. The van der Waals surface area contributed by atoms with Gasteiger partial charge in [0.1, 0.15) is 0 Å². The standard InChI is InChI=1S/C13H20BrNO3/c1-7(2)11-8(10(16)6-15)5-9(14)12(17-3)13(11)18-4/h5,7,10,16H,6,15H2,1-4H3. The van der Waals surface area contributed by atoms with E-state index in [0.29, 0.717) is 11.5 Å². The van der Waals surface area contributed by atoms with Gasteiger partial charge in [-0.15, -0.1) is 0 Å². The molecule has 0 aliphatic heterocycles. The second-order valence-corrected chi connectivity index (χ2v) is 5.19. The maximum absolute atomic E-state index is 10.0. The van der Waals surface area contributed by atoms with Crippen LogP contribution in [0, 0.1) is 0 Å². The minimum Gasteiger partial charge on any atom is -0.493 e. The van der Waals surface area contributed by atoms with Crippen molar-refractivity contribution in [2.24, 2.45) is 5.73 Å². The lowest BCUT2D eigenvalue weighted by Gasteiger charge is -2.23. The van der Waals surface area contributed by atoms with Gasteiger partial charge >= 0.3 is 0 Å². The van der Waals surface area contributed by atoms with Crippen molar-refractivity contribution in [2.75, 3.05) is 20.8 Å². The van der Waals surface area contributed by atoms with Crippen LogP contribution in [-0.4, -0.2) is 25.9 Å². The van der Waals surface area contributed by atoms with Crippen LogP contribution < -0.4 is 15.2 Å². The number of methoxy groups -OCH3 is 2. The second kappa shape index (κ2) is 6.41. The molecule has 0 saturated heterocycles. The van der Waals surface area contributed by atoms with Gasteiger partial charge in [-0.1, -0.05) is 13.8 Å². The Hall–Kier alpha value is -0.780. The number of ether oxygens (including phenoxy) is 2. The van der Waals surface area contributed by atoms with Crippen LogP contribution in [0.4, 0.5) is 0 Å². The van der Waals surface area contributed by atoms with E-state index in [9.17, 15) is 5.11 Å². The summed E-state index contributed by atoms with van der Waals surface area (Å²) in [5.74, 6) is 1.47. The highest BCUT2D eigenvalue weighted by atomic mass is 79.9. The molecule has 1 aromatic rings. The molecule has 0 aromatic heterocycles. The van der Waals surface area contributed by atoms with E-state index in [4.69, 9.17) is 15.2 Å². The topological polar surface area (TPSA) is 64.7 Å². The highest BCUT2D eigenvalue weighted by molar-refractivity contribution is 9.10. The van der Waals surface area contributed by atoms with E-state index in [-0.39, 0.29) is 12.5 Å². The molecule has 0 amide bonds. The Morgan fingerprint density at radius 3 is 2.22 bits per heavy atom. The van der Waals surface area contributed by atoms with Crippen LogP contribution in [0.25, 0.3) is 0 Å². The van der Waals surface area contributed by atoms with Crippen LogP contribution in [0.15, 0.2) is 10.5 Å². The Kier molecular flexibility index (Phi) is 5.44. The van der Waals surface area contributed by atoms with Crippen molar-refractivity contribution < 1.29 is 14.6 Å². The third-order valence-corrected chi connectivity index (χ3v) is 3.42. The Morgan fingerprint density at radius 1 is 1.28 bits per heavy atom. The molecule has 0 aliphatic carbocycles. The van der Waals surface area contributed by atoms with Crippen LogP contribution in [-0.2, 0) is 0 Å². The van der Waals surface area contributed by atoms with Crippen LogP contribution in [0.2, 0.25) is 0 Å². The van der Waals surface area contributed by atoms with Gasteiger partial charge in [0.15, 0.2) is 11.5 Å². The molecule has 0 saturated carbocycles. The zero-order valence-corrected chi connectivity index (χ0v) is 12.7. The van der Waals surface area contributed by atoms with Crippen molar-refractivity contribution in [3.8, 4) is 11.5 Å². The van der Waals surface area contributed by atoms with Crippen molar-refractivity contribution in [1.29, 1.82) is 0 Å². The lowest BCUT2D eigenvalue weighted by atomic mass is 9.92. The van der Waals surface area contributed by atoms with Crippen molar-refractivity contribution in [3.05, 3.63) is 21.7 Å². The average Bonchev–Trinajstić information content (AvgIpc) is 2.35. The highest BCUT2D eigenvalue weighted by Crippen LogP contribution is 2.44. The first-order chi connectivity index (χ1) is 8.47. The molecule has 0 bridgehead atoms. The Balaban J connectivity index is 3.57. The second-order valence-electron chi connectivity index (χ2n) is 4.33. The van der Waals surface area contributed by atoms with Crippen LogP contribution in [0.5, 0.6) is 11.5 Å². The molecule has 0 radical (unpaired) electrons. The number of hydrogen-bond donors (Lipinski definition) is 2. The molecular weight excluding hydrogens is 298 g/mol. The third-order valence-electron chi connectivity index (χ3n) is 2.83. The van der Waals surface area contributed by atoms with E-state index in [1.807, 2.05) is 19.9 Å². The predicted molar refractivity (Wildman–Crippen MR) is 75.3 cm³/mol. The fourth-order valence-electron chi connectivity index (χ4n) is 2.03. The van der Waals surface area contributed by atoms with Gasteiger partial charge in [0.05, 0.1) is 24.8 Å². The predicted octanol–water partition coefficient (Wildman–Crippen LogP) is 2.58. The largest absolute Gasteiger partial charge is 0.493 e. The SMILES string of the molecule is COc1c(Br)cc(C(O)CN)c(C(C)C)c1OC. The van der Waals surface area contributed by atoms with Crippen LogP contribution in [0.1, 0.15) is 37.0 Å². The molecule has 3 N–H and O–H groups in total. The van der Waals surface area contributed by atoms with Gasteiger partial charge in [-0.25, -0.2) is 0 Å². The zero-order chi connectivity index (χ0) is 13.9. The number of aliphatic hydroxyl groups is 1. The van der Waals surface area contributed by atoms with Crippen molar-refractivity contribution in [2.45, 2.75) is 25.9 Å². The van der Waals surface area contributed by atoms with Gasteiger partial charge in [-0.2, -0.15) is 0 Å². The van der Waals surface area contributed by atoms with Gasteiger partial charge in [0.2, 0.25) is 0 Å². The molecule has 0 spiro atoms. The number of halogens is 1. The van der Waals surface area contributed by atoms with E-state index in [1.54, 1.807) is 14.2 Å². The van der Waals surface area contributed by atoms with Gasteiger partial charge in [0.25, 0.3) is 0 Å². The lowest BCUT2D eigenvalue weighted by molar-refractivity contribution is 0.184. The number of nitrogens with two attached hydrogens (primary N) is 1. The van der Waals surface area contributed by atoms with Crippen molar-refractivity contribution in [1.82, 2.24) is 0 Å².